The molecule has 0 atom stereocenters. The number of carbonyl (C=O) groups excluding carboxylic acids is 1. The molecule has 0 aliphatic carbocycles. The van der Waals surface area contributed by atoms with Crippen LogP contribution in [0.3, 0.4) is 0 Å². The van der Waals surface area contributed by atoms with Gasteiger partial charge >= 0.3 is 0 Å². The number of Topliss-reactive ketones (excluding diaryl/α,β-unsaturated/α-hetero) is 1. The van der Waals surface area contributed by atoms with Crippen LogP contribution in [-0.2, 0) is 0 Å². The summed E-state index contributed by atoms with van der Waals surface area (Å²) in [6.07, 6.45) is 2.66. The zero-order valence-corrected chi connectivity index (χ0v) is 11.5. The number of aryl methyl sites for hydroxylation is 1. The first-order chi connectivity index (χ1) is 8.02. The summed E-state index contributed by atoms with van der Waals surface area (Å²) in [6.45, 7) is 8.09. The Morgan fingerprint density at radius 2 is 1.88 bits per heavy atom. The summed E-state index contributed by atoms with van der Waals surface area (Å²) >= 11 is 0. The van der Waals surface area contributed by atoms with Gasteiger partial charge in [-0.05, 0) is 49.9 Å². The third kappa shape index (κ3) is 2.87. The molecule has 0 aliphatic rings. The number of carbonyl (C=O) groups is 1. The van der Waals surface area contributed by atoms with Gasteiger partial charge in [0.1, 0.15) is 5.75 Å². The lowest BCUT2D eigenvalue weighted by Gasteiger charge is -2.15. The van der Waals surface area contributed by atoms with Gasteiger partial charge in [0, 0.05) is 12.0 Å². The van der Waals surface area contributed by atoms with E-state index < -0.39 is 0 Å². The van der Waals surface area contributed by atoms with Crippen molar-refractivity contribution in [2.45, 2.75) is 47.0 Å². The van der Waals surface area contributed by atoms with Crippen LogP contribution in [0.2, 0.25) is 0 Å². The Bertz CT molecular complexity index is 419. The zero-order valence-electron chi connectivity index (χ0n) is 11.5. The average molecular weight is 234 g/mol. The summed E-state index contributed by atoms with van der Waals surface area (Å²) in [4.78, 5) is 12.2. The van der Waals surface area contributed by atoms with Crippen molar-refractivity contribution in [3.63, 3.8) is 0 Å². The summed E-state index contributed by atoms with van der Waals surface area (Å²) in [5.74, 6) is 1.12. The minimum atomic E-state index is 0.257. The molecule has 2 heteroatoms. The number of hydrogen-bond acceptors (Lipinski definition) is 2. The van der Waals surface area contributed by atoms with Crippen LogP contribution in [0.15, 0.2) is 6.07 Å². The second-order valence-electron chi connectivity index (χ2n) is 4.55. The summed E-state index contributed by atoms with van der Waals surface area (Å²) in [5.41, 5.74) is 4.03. The number of unbranched alkanes of at least 4 members (excludes halogenated alkanes) is 1. The Morgan fingerprint density at radius 1 is 1.24 bits per heavy atom. The van der Waals surface area contributed by atoms with Crippen LogP contribution in [0, 0.1) is 20.8 Å². The molecule has 0 saturated carbocycles. The molecule has 17 heavy (non-hydrogen) atoms. The SMILES string of the molecule is CCCCC(=O)c1c(C)cc(OC)c(C)c1C. The van der Waals surface area contributed by atoms with E-state index in [0.717, 1.165) is 40.8 Å². The fraction of sp³-hybridized carbons (Fsp3) is 0.533. The Hall–Kier alpha value is -1.31. The van der Waals surface area contributed by atoms with Crippen LogP contribution in [-0.4, -0.2) is 12.9 Å². The Labute approximate surface area is 104 Å². The third-order valence-electron chi connectivity index (χ3n) is 3.31. The smallest absolute Gasteiger partial charge is 0.163 e. The number of benzene rings is 1. The maximum absolute atomic E-state index is 12.2. The molecular weight excluding hydrogens is 212 g/mol. The maximum atomic E-state index is 12.2. The van der Waals surface area contributed by atoms with Gasteiger partial charge in [0.25, 0.3) is 0 Å². The van der Waals surface area contributed by atoms with E-state index in [9.17, 15) is 4.79 Å². The Balaban J connectivity index is 3.16. The van der Waals surface area contributed by atoms with Crippen molar-refractivity contribution in [2.75, 3.05) is 7.11 Å². The number of ketones is 1. The van der Waals surface area contributed by atoms with Crippen molar-refractivity contribution in [1.82, 2.24) is 0 Å². The van der Waals surface area contributed by atoms with Crippen LogP contribution >= 0.6 is 0 Å². The first-order valence-electron chi connectivity index (χ1n) is 6.20. The highest BCUT2D eigenvalue weighted by Crippen LogP contribution is 2.28. The second-order valence-corrected chi connectivity index (χ2v) is 4.55. The molecule has 94 valence electrons. The molecule has 1 aromatic carbocycles. The molecule has 0 aromatic heterocycles. The van der Waals surface area contributed by atoms with E-state index in [1.165, 1.54) is 0 Å². The molecule has 0 heterocycles. The van der Waals surface area contributed by atoms with Gasteiger partial charge in [-0.2, -0.15) is 0 Å². The molecular formula is C15H22O2. The minimum absolute atomic E-state index is 0.257. The minimum Gasteiger partial charge on any atom is -0.496 e. The highest BCUT2D eigenvalue weighted by molar-refractivity contribution is 5.99. The molecule has 0 unspecified atom stereocenters. The van der Waals surface area contributed by atoms with Crippen LogP contribution < -0.4 is 4.74 Å². The van der Waals surface area contributed by atoms with E-state index in [0.29, 0.717) is 6.42 Å². The standard InChI is InChI=1S/C15H22O2/c1-6-7-8-13(16)15-10(2)9-14(17-5)11(3)12(15)4/h9H,6-8H2,1-5H3. The normalized spacial score (nSPS) is 10.4. The van der Waals surface area contributed by atoms with E-state index >= 15 is 0 Å². The molecule has 0 spiro atoms. The quantitative estimate of drug-likeness (QED) is 0.720. The average Bonchev–Trinajstić information content (AvgIpc) is 2.31. The predicted molar refractivity (Wildman–Crippen MR) is 71.1 cm³/mol. The second kappa shape index (κ2) is 5.85. The number of methoxy groups -OCH3 is 1. The first kappa shape index (κ1) is 13.8. The van der Waals surface area contributed by atoms with Crippen molar-refractivity contribution in [3.05, 3.63) is 28.3 Å². The highest BCUT2D eigenvalue weighted by Gasteiger charge is 2.16. The predicted octanol–water partition coefficient (Wildman–Crippen LogP) is 3.99. The Kier molecular flexibility index (Phi) is 4.73. The Morgan fingerprint density at radius 3 is 2.41 bits per heavy atom. The molecule has 0 bridgehead atoms. The monoisotopic (exact) mass is 234 g/mol. The van der Waals surface area contributed by atoms with Crippen LogP contribution in [0.1, 0.15) is 53.2 Å². The molecule has 2 nitrogen and oxygen atoms in total. The summed E-state index contributed by atoms with van der Waals surface area (Å²) in [7, 11) is 1.67. The van der Waals surface area contributed by atoms with E-state index in [1.54, 1.807) is 7.11 Å². The number of ether oxygens (including phenoxy) is 1. The van der Waals surface area contributed by atoms with Crippen molar-refractivity contribution in [1.29, 1.82) is 0 Å². The lowest BCUT2D eigenvalue weighted by atomic mass is 9.92. The van der Waals surface area contributed by atoms with Crippen LogP contribution in [0.5, 0.6) is 5.75 Å². The molecule has 0 fully saturated rings. The van der Waals surface area contributed by atoms with Gasteiger partial charge in [0.15, 0.2) is 5.78 Å². The molecule has 0 amide bonds. The van der Waals surface area contributed by atoms with Gasteiger partial charge in [0.05, 0.1) is 7.11 Å². The van der Waals surface area contributed by atoms with Crippen molar-refractivity contribution < 1.29 is 9.53 Å². The van der Waals surface area contributed by atoms with Gasteiger partial charge in [-0.15, -0.1) is 0 Å². The van der Waals surface area contributed by atoms with Crippen molar-refractivity contribution in [2.24, 2.45) is 0 Å². The summed E-state index contributed by atoms with van der Waals surface area (Å²) < 4.78 is 5.31. The molecule has 1 aromatic rings. The lowest BCUT2D eigenvalue weighted by Crippen LogP contribution is -2.07. The van der Waals surface area contributed by atoms with E-state index in [1.807, 2.05) is 26.8 Å². The largest absolute Gasteiger partial charge is 0.496 e. The zero-order chi connectivity index (χ0) is 13.0. The molecule has 0 aliphatic heterocycles. The highest BCUT2D eigenvalue weighted by atomic mass is 16.5. The molecule has 1 rings (SSSR count). The molecule has 0 saturated heterocycles. The first-order valence-corrected chi connectivity index (χ1v) is 6.20. The van der Waals surface area contributed by atoms with Crippen molar-refractivity contribution in [3.8, 4) is 5.75 Å². The topological polar surface area (TPSA) is 26.3 Å². The maximum Gasteiger partial charge on any atom is 0.163 e. The van der Waals surface area contributed by atoms with Crippen LogP contribution in [0.4, 0.5) is 0 Å². The van der Waals surface area contributed by atoms with Gasteiger partial charge in [-0.3, -0.25) is 4.79 Å². The fourth-order valence-corrected chi connectivity index (χ4v) is 2.15. The van der Waals surface area contributed by atoms with E-state index in [4.69, 9.17) is 4.74 Å². The van der Waals surface area contributed by atoms with Gasteiger partial charge < -0.3 is 4.74 Å². The number of hydrogen-bond donors (Lipinski definition) is 0. The van der Waals surface area contributed by atoms with Crippen molar-refractivity contribution >= 4 is 5.78 Å². The summed E-state index contributed by atoms with van der Waals surface area (Å²) in [5, 5.41) is 0. The molecule has 0 radical (unpaired) electrons. The van der Waals surface area contributed by atoms with E-state index in [2.05, 4.69) is 6.92 Å². The van der Waals surface area contributed by atoms with Gasteiger partial charge in [-0.1, -0.05) is 13.3 Å². The summed E-state index contributed by atoms with van der Waals surface area (Å²) in [6, 6.07) is 1.96. The van der Waals surface area contributed by atoms with Crippen LogP contribution in [0.25, 0.3) is 0 Å². The fourth-order valence-electron chi connectivity index (χ4n) is 2.15. The van der Waals surface area contributed by atoms with Gasteiger partial charge in [-0.25, -0.2) is 0 Å². The number of rotatable bonds is 5. The van der Waals surface area contributed by atoms with Gasteiger partial charge in [0.2, 0.25) is 0 Å². The van der Waals surface area contributed by atoms with E-state index in [-0.39, 0.29) is 5.78 Å². The molecule has 0 N–H and O–H groups in total. The third-order valence-corrected chi connectivity index (χ3v) is 3.31. The lowest BCUT2D eigenvalue weighted by molar-refractivity contribution is 0.0978.